The molecule has 0 aromatic carbocycles. The second kappa shape index (κ2) is 6.63. The Morgan fingerprint density at radius 1 is 1.29 bits per heavy atom. The van der Waals surface area contributed by atoms with E-state index in [-0.39, 0.29) is 11.6 Å². The summed E-state index contributed by atoms with van der Waals surface area (Å²) in [5.74, 6) is -0.0852. The summed E-state index contributed by atoms with van der Waals surface area (Å²) in [7, 11) is 0. The van der Waals surface area contributed by atoms with E-state index in [1.165, 1.54) is 0 Å². The normalized spacial score (nSPS) is 12.0. The molecule has 0 saturated carbocycles. The van der Waals surface area contributed by atoms with E-state index in [0.717, 1.165) is 19.3 Å². The average molecular weight is 198 g/mol. The standard InChI is InChI=1S/C12H22O2/c1-5-6-7-8-9-10-11(13)14-12(2,3)4/h5-6H,7-10H2,1-4H3. The van der Waals surface area contributed by atoms with E-state index in [2.05, 4.69) is 6.08 Å². The third-order valence-electron chi connectivity index (χ3n) is 1.66. The second-order valence-electron chi connectivity index (χ2n) is 4.40. The molecule has 0 spiro atoms. The molecule has 0 atom stereocenters. The number of hydrogen-bond donors (Lipinski definition) is 0. The molecular weight excluding hydrogens is 176 g/mol. The van der Waals surface area contributed by atoms with Crippen LogP contribution in [0.1, 0.15) is 53.4 Å². The summed E-state index contributed by atoms with van der Waals surface area (Å²) in [4.78, 5) is 11.3. The van der Waals surface area contributed by atoms with Gasteiger partial charge in [0.2, 0.25) is 0 Å². The number of carbonyl (C=O) groups is 1. The summed E-state index contributed by atoms with van der Waals surface area (Å²) in [6, 6.07) is 0. The highest BCUT2D eigenvalue weighted by atomic mass is 16.6. The van der Waals surface area contributed by atoms with Crippen LogP contribution in [0.15, 0.2) is 12.2 Å². The SMILES string of the molecule is CC=CCCCCC(=O)OC(C)(C)C. The fourth-order valence-electron chi connectivity index (χ4n) is 1.09. The number of unbranched alkanes of at least 4 members (excludes halogenated alkanes) is 2. The zero-order valence-electron chi connectivity index (χ0n) is 9.80. The molecular formula is C12H22O2. The Hall–Kier alpha value is -0.790. The zero-order chi connectivity index (χ0) is 11.0. The zero-order valence-corrected chi connectivity index (χ0v) is 9.80. The van der Waals surface area contributed by atoms with Crippen molar-refractivity contribution in [3.8, 4) is 0 Å². The van der Waals surface area contributed by atoms with E-state index in [4.69, 9.17) is 4.74 Å². The Labute approximate surface area is 87.3 Å². The number of rotatable bonds is 5. The first-order valence-corrected chi connectivity index (χ1v) is 5.28. The van der Waals surface area contributed by atoms with Gasteiger partial charge in [-0.15, -0.1) is 0 Å². The van der Waals surface area contributed by atoms with Crippen molar-refractivity contribution in [1.29, 1.82) is 0 Å². The molecule has 0 aromatic heterocycles. The van der Waals surface area contributed by atoms with E-state index in [1.54, 1.807) is 0 Å². The van der Waals surface area contributed by atoms with Crippen molar-refractivity contribution >= 4 is 5.97 Å². The van der Waals surface area contributed by atoms with Gasteiger partial charge in [-0.2, -0.15) is 0 Å². The molecule has 0 aliphatic carbocycles. The van der Waals surface area contributed by atoms with Crippen molar-refractivity contribution in [2.45, 2.75) is 59.0 Å². The van der Waals surface area contributed by atoms with Gasteiger partial charge in [-0.3, -0.25) is 4.79 Å². The molecule has 82 valence electrons. The molecule has 0 N–H and O–H groups in total. The van der Waals surface area contributed by atoms with Gasteiger partial charge in [0.15, 0.2) is 0 Å². The van der Waals surface area contributed by atoms with Crippen LogP contribution in [0.2, 0.25) is 0 Å². The largest absolute Gasteiger partial charge is 0.460 e. The second-order valence-corrected chi connectivity index (χ2v) is 4.40. The van der Waals surface area contributed by atoms with E-state index in [1.807, 2.05) is 33.8 Å². The lowest BCUT2D eigenvalue weighted by molar-refractivity contribution is -0.154. The topological polar surface area (TPSA) is 26.3 Å². The number of carbonyl (C=O) groups excluding carboxylic acids is 1. The number of allylic oxidation sites excluding steroid dienone is 2. The summed E-state index contributed by atoms with van der Waals surface area (Å²) in [6.45, 7) is 7.69. The first-order valence-electron chi connectivity index (χ1n) is 5.28. The Morgan fingerprint density at radius 2 is 1.93 bits per heavy atom. The van der Waals surface area contributed by atoms with Crippen molar-refractivity contribution in [3.63, 3.8) is 0 Å². The fourth-order valence-corrected chi connectivity index (χ4v) is 1.09. The highest BCUT2D eigenvalue weighted by Gasteiger charge is 2.15. The van der Waals surface area contributed by atoms with Crippen LogP contribution in [0.4, 0.5) is 0 Å². The fraction of sp³-hybridized carbons (Fsp3) is 0.750. The molecule has 0 aliphatic rings. The first-order chi connectivity index (χ1) is 6.45. The van der Waals surface area contributed by atoms with E-state index in [0.29, 0.717) is 6.42 Å². The lowest BCUT2D eigenvalue weighted by Crippen LogP contribution is -2.23. The smallest absolute Gasteiger partial charge is 0.306 e. The van der Waals surface area contributed by atoms with Crippen LogP contribution < -0.4 is 0 Å². The van der Waals surface area contributed by atoms with Crippen molar-refractivity contribution in [1.82, 2.24) is 0 Å². The third kappa shape index (κ3) is 9.30. The van der Waals surface area contributed by atoms with Gasteiger partial charge < -0.3 is 4.74 Å². The van der Waals surface area contributed by atoms with Gasteiger partial charge in [0.25, 0.3) is 0 Å². The van der Waals surface area contributed by atoms with Crippen LogP contribution in [-0.4, -0.2) is 11.6 Å². The predicted molar refractivity (Wildman–Crippen MR) is 59.1 cm³/mol. The average Bonchev–Trinajstić information content (AvgIpc) is 2.00. The van der Waals surface area contributed by atoms with Crippen LogP contribution in [-0.2, 0) is 9.53 Å². The van der Waals surface area contributed by atoms with Crippen molar-refractivity contribution in [3.05, 3.63) is 12.2 Å². The van der Waals surface area contributed by atoms with Gasteiger partial charge >= 0.3 is 5.97 Å². The molecule has 0 saturated heterocycles. The Morgan fingerprint density at radius 3 is 2.43 bits per heavy atom. The highest BCUT2D eigenvalue weighted by molar-refractivity contribution is 5.69. The molecule has 0 aromatic rings. The first kappa shape index (κ1) is 13.2. The van der Waals surface area contributed by atoms with Crippen LogP contribution in [0, 0.1) is 0 Å². The molecule has 0 aliphatic heterocycles. The lowest BCUT2D eigenvalue weighted by Gasteiger charge is -2.19. The maximum Gasteiger partial charge on any atom is 0.306 e. The van der Waals surface area contributed by atoms with Gasteiger partial charge in [0.1, 0.15) is 5.60 Å². The minimum atomic E-state index is -0.347. The minimum absolute atomic E-state index is 0.0852. The number of hydrogen-bond acceptors (Lipinski definition) is 2. The maximum absolute atomic E-state index is 11.3. The molecule has 0 fully saturated rings. The van der Waals surface area contributed by atoms with E-state index in [9.17, 15) is 4.79 Å². The summed E-state index contributed by atoms with van der Waals surface area (Å²) >= 11 is 0. The summed E-state index contributed by atoms with van der Waals surface area (Å²) in [6.07, 6.45) is 7.72. The van der Waals surface area contributed by atoms with Gasteiger partial charge in [-0.1, -0.05) is 12.2 Å². The summed E-state index contributed by atoms with van der Waals surface area (Å²) in [5, 5.41) is 0. The maximum atomic E-state index is 11.3. The van der Waals surface area contributed by atoms with Gasteiger partial charge in [0.05, 0.1) is 0 Å². The van der Waals surface area contributed by atoms with Gasteiger partial charge in [-0.25, -0.2) is 0 Å². The van der Waals surface area contributed by atoms with Gasteiger partial charge in [0, 0.05) is 6.42 Å². The molecule has 0 heterocycles. The molecule has 2 nitrogen and oxygen atoms in total. The van der Waals surface area contributed by atoms with Crippen LogP contribution in [0.3, 0.4) is 0 Å². The summed E-state index contributed by atoms with van der Waals surface area (Å²) < 4.78 is 5.19. The number of ether oxygens (including phenoxy) is 1. The van der Waals surface area contributed by atoms with Crippen LogP contribution in [0.25, 0.3) is 0 Å². The molecule has 0 rings (SSSR count). The van der Waals surface area contributed by atoms with E-state index < -0.39 is 0 Å². The van der Waals surface area contributed by atoms with E-state index >= 15 is 0 Å². The quantitative estimate of drug-likeness (QED) is 0.384. The Kier molecular flexibility index (Phi) is 6.26. The minimum Gasteiger partial charge on any atom is -0.460 e. The van der Waals surface area contributed by atoms with Crippen molar-refractivity contribution < 1.29 is 9.53 Å². The Bertz CT molecular complexity index is 187. The molecule has 0 radical (unpaired) electrons. The lowest BCUT2D eigenvalue weighted by atomic mass is 10.1. The monoisotopic (exact) mass is 198 g/mol. The highest BCUT2D eigenvalue weighted by Crippen LogP contribution is 2.10. The predicted octanol–water partition coefficient (Wildman–Crippen LogP) is 3.46. The Balaban J connectivity index is 3.45. The van der Waals surface area contributed by atoms with Crippen LogP contribution >= 0.6 is 0 Å². The molecule has 0 amide bonds. The van der Waals surface area contributed by atoms with Gasteiger partial charge in [-0.05, 0) is 47.0 Å². The molecule has 0 bridgehead atoms. The molecule has 2 heteroatoms. The summed E-state index contributed by atoms with van der Waals surface area (Å²) in [5.41, 5.74) is -0.347. The molecule has 0 unspecified atom stereocenters. The van der Waals surface area contributed by atoms with Crippen molar-refractivity contribution in [2.24, 2.45) is 0 Å². The van der Waals surface area contributed by atoms with Crippen LogP contribution in [0.5, 0.6) is 0 Å². The third-order valence-corrected chi connectivity index (χ3v) is 1.66. The van der Waals surface area contributed by atoms with Crippen molar-refractivity contribution in [2.75, 3.05) is 0 Å². The molecule has 14 heavy (non-hydrogen) atoms. The number of esters is 1.